The van der Waals surface area contributed by atoms with Gasteiger partial charge in [0, 0.05) is 12.6 Å². The van der Waals surface area contributed by atoms with Crippen molar-refractivity contribution >= 4 is 16.3 Å². The summed E-state index contributed by atoms with van der Waals surface area (Å²) >= 11 is 0. The zero-order valence-corrected chi connectivity index (χ0v) is 11.7. The van der Waals surface area contributed by atoms with E-state index in [1.807, 2.05) is 11.6 Å². The molecule has 0 aromatic heterocycles. The fourth-order valence-electron chi connectivity index (χ4n) is 1.72. The minimum Gasteiger partial charge on any atom is -0.446 e. The predicted molar refractivity (Wildman–Crippen MR) is 67.2 cm³/mol. The number of amides is 1. The highest BCUT2D eigenvalue weighted by Crippen LogP contribution is 2.11. The fourth-order valence-corrected chi connectivity index (χ4v) is 2.76. The van der Waals surface area contributed by atoms with Crippen LogP contribution in [0.25, 0.3) is 0 Å². The van der Waals surface area contributed by atoms with Gasteiger partial charge in [-0.3, -0.25) is 0 Å². The van der Waals surface area contributed by atoms with Crippen LogP contribution in [0.2, 0.25) is 0 Å². The average molecular weight is 279 g/mol. The van der Waals surface area contributed by atoms with Gasteiger partial charge in [-0.25, -0.2) is 9.52 Å². The molecule has 1 heterocycles. The molecule has 0 saturated carbocycles. The van der Waals surface area contributed by atoms with Crippen molar-refractivity contribution < 1.29 is 17.9 Å². The Morgan fingerprint density at radius 3 is 2.67 bits per heavy atom. The van der Waals surface area contributed by atoms with E-state index < -0.39 is 16.3 Å². The van der Waals surface area contributed by atoms with Crippen LogP contribution in [0, 0.1) is 5.92 Å². The fraction of sp³-hybridized carbons (Fsp3) is 0.900. The molecule has 8 heteroatoms. The molecule has 106 valence electrons. The SMILES string of the molecule is CC(C)OC(=O)NS(=O)(=O)NC1CNCCC1C. The van der Waals surface area contributed by atoms with Gasteiger partial charge in [0.1, 0.15) is 0 Å². The Balaban J connectivity index is 2.51. The van der Waals surface area contributed by atoms with Crippen molar-refractivity contribution in [2.24, 2.45) is 5.92 Å². The predicted octanol–water partition coefficient (Wildman–Crippen LogP) is -0.0466. The van der Waals surface area contributed by atoms with Crippen molar-refractivity contribution in [3.63, 3.8) is 0 Å². The van der Waals surface area contributed by atoms with Gasteiger partial charge in [-0.2, -0.15) is 13.1 Å². The summed E-state index contributed by atoms with van der Waals surface area (Å²) in [5, 5.41) is 3.10. The molecule has 0 spiro atoms. The van der Waals surface area contributed by atoms with Gasteiger partial charge in [0.2, 0.25) is 0 Å². The average Bonchev–Trinajstić information content (AvgIpc) is 2.18. The third-order valence-electron chi connectivity index (χ3n) is 2.69. The van der Waals surface area contributed by atoms with E-state index in [1.54, 1.807) is 13.8 Å². The highest BCUT2D eigenvalue weighted by molar-refractivity contribution is 7.88. The van der Waals surface area contributed by atoms with Crippen molar-refractivity contribution in [3.8, 4) is 0 Å². The maximum atomic E-state index is 11.7. The van der Waals surface area contributed by atoms with Crippen molar-refractivity contribution in [2.45, 2.75) is 39.3 Å². The maximum absolute atomic E-state index is 11.7. The Bertz CT molecular complexity index is 383. The maximum Gasteiger partial charge on any atom is 0.422 e. The quantitative estimate of drug-likeness (QED) is 0.670. The molecule has 1 fully saturated rings. The van der Waals surface area contributed by atoms with E-state index in [4.69, 9.17) is 4.74 Å². The van der Waals surface area contributed by atoms with Gasteiger partial charge in [0.15, 0.2) is 0 Å². The first-order chi connectivity index (χ1) is 8.30. The lowest BCUT2D eigenvalue weighted by Gasteiger charge is -2.29. The lowest BCUT2D eigenvalue weighted by atomic mass is 9.96. The summed E-state index contributed by atoms with van der Waals surface area (Å²) in [4.78, 5) is 11.2. The van der Waals surface area contributed by atoms with Crippen LogP contribution in [0.4, 0.5) is 4.79 Å². The Morgan fingerprint density at radius 1 is 1.44 bits per heavy atom. The van der Waals surface area contributed by atoms with Gasteiger partial charge in [-0.05, 0) is 32.7 Å². The molecule has 2 atom stereocenters. The van der Waals surface area contributed by atoms with Crippen LogP contribution in [-0.4, -0.2) is 39.7 Å². The number of nitrogens with one attached hydrogen (secondary N) is 3. The minimum atomic E-state index is -3.87. The molecule has 1 rings (SSSR count). The molecule has 0 aromatic rings. The molecule has 0 aliphatic carbocycles. The van der Waals surface area contributed by atoms with Gasteiger partial charge in [-0.1, -0.05) is 6.92 Å². The minimum absolute atomic E-state index is 0.219. The standard InChI is InChI=1S/C10H21N3O4S/c1-7(2)17-10(14)13-18(15,16)12-9-6-11-5-4-8(9)3/h7-9,11-12H,4-6H2,1-3H3,(H,13,14). The first kappa shape index (κ1) is 15.2. The zero-order valence-electron chi connectivity index (χ0n) is 10.9. The molecule has 18 heavy (non-hydrogen) atoms. The molecule has 1 aliphatic heterocycles. The molecule has 2 unspecified atom stereocenters. The number of piperidine rings is 1. The summed E-state index contributed by atoms with van der Waals surface area (Å²) in [5.41, 5.74) is 0. The van der Waals surface area contributed by atoms with Crippen LogP contribution >= 0.6 is 0 Å². The zero-order chi connectivity index (χ0) is 13.8. The molecule has 3 N–H and O–H groups in total. The monoisotopic (exact) mass is 279 g/mol. The van der Waals surface area contributed by atoms with Gasteiger partial charge >= 0.3 is 16.3 Å². The van der Waals surface area contributed by atoms with Crippen molar-refractivity contribution in [1.82, 2.24) is 14.8 Å². The molecule has 1 amide bonds. The smallest absolute Gasteiger partial charge is 0.422 e. The van der Waals surface area contributed by atoms with Crippen LogP contribution in [0.15, 0.2) is 0 Å². The van der Waals surface area contributed by atoms with Crippen LogP contribution in [0.5, 0.6) is 0 Å². The molecule has 0 bridgehead atoms. The van der Waals surface area contributed by atoms with E-state index in [1.165, 1.54) is 0 Å². The first-order valence-electron chi connectivity index (χ1n) is 6.01. The van der Waals surface area contributed by atoms with Crippen molar-refractivity contribution in [1.29, 1.82) is 0 Å². The second-order valence-corrected chi connectivity index (χ2v) is 6.20. The lowest BCUT2D eigenvalue weighted by Crippen LogP contribution is -2.53. The molecule has 0 aromatic carbocycles. The van der Waals surface area contributed by atoms with E-state index >= 15 is 0 Å². The Labute approximate surface area is 108 Å². The summed E-state index contributed by atoms with van der Waals surface area (Å²) in [6.45, 7) is 6.70. The Hall–Kier alpha value is -0.860. The van der Waals surface area contributed by atoms with Crippen molar-refractivity contribution in [3.05, 3.63) is 0 Å². The van der Waals surface area contributed by atoms with Gasteiger partial charge in [-0.15, -0.1) is 0 Å². The topological polar surface area (TPSA) is 96.5 Å². The number of carbonyl (C=O) groups excluding carboxylic acids is 1. The number of ether oxygens (including phenoxy) is 1. The van der Waals surface area contributed by atoms with E-state index in [-0.39, 0.29) is 18.1 Å². The molecule has 7 nitrogen and oxygen atoms in total. The molecule has 1 saturated heterocycles. The van der Waals surface area contributed by atoms with Crippen LogP contribution in [0.3, 0.4) is 0 Å². The third kappa shape index (κ3) is 5.19. The van der Waals surface area contributed by atoms with E-state index in [0.717, 1.165) is 13.0 Å². The van der Waals surface area contributed by atoms with E-state index in [2.05, 4.69) is 10.0 Å². The highest BCUT2D eigenvalue weighted by atomic mass is 32.2. The van der Waals surface area contributed by atoms with Crippen LogP contribution in [-0.2, 0) is 14.9 Å². The second-order valence-electron chi connectivity index (χ2n) is 4.75. The van der Waals surface area contributed by atoms with Crippen LogP contribution in [0.1, 0.15) is 27.2 Å². The number of hydrogen-bond donors (Lipinski definition) is 3. The van der Waals surface area contributed by atoms with Gasteiger partial charge < -0.3 is 10.1 Å². The van der Waals surface area contributed by atoms with Crippen molar-refractivity contribution in [2.75, 3.05) is 13.1 Å². The van der Waals surface area contributed by atoms with E-state index in [0.29, 0.717) is 6.54 Å². The van der Waals surface area contributed by atoms with E-state index in [9.17, 15) is 13.2 Å². The second kappa shape index (κ2) is 6.35. The number of rotatable bonds is 4. The summed E-state index contributed by atoms with van der Waals surface area (Å²) in [7, 11) is -3.87. The lowest BCUT2D eigenvalue weighted by molar-refractivity contribution is 0.121. The first-order valence-corrected chi connectivity index (χ1v) is 7.50. The number of carbonyl (C=O) groups is 1. The Morgan fingerprint density at radius 2 is 2.11 bits per heavy atom. The molecule has 1 aliphatic rings. The summed E-state index contributed by atoms with van der Waals surface area (Å²) in [6.07, 6.45) is -0.437. The van der Waals surface area contributed by atoms with Gasteiger partial charge in [0.25, 0.3) is 0 Å². The molecular formula is C10H21N3O4S. The molecular weight excluding hydrogens is 258 g/mol. The summed E-state index contributed by atoms with van der Waals surface area (Å²) in [5.74, 6) is 0.226. The third-order valence-corrected chi connectivity index (χ3v) is 3.74. The normalized spacial score (nSPS) is 24.9. The summed E-state index contributed by atoms with van der Waals surface area (Å²) < 4.78 is 32.4. The van der Waals surface area contributed by atoms with Gasteiger partial charge in [0.05, 0.1) is 6.10 Å². The largest absolute Gasteiger partial charge is 0.446 e. The van der Waals surface area contributed by atoms with Crippen LogP contribution < -0.4 is 14.8 Å². The molecule has 0 radical (unpaired) electrons. The summed E-state index contributed by atoms with van der Waals surface area (Å²) in [6, 6.07) is -0.219. The number of hydrogen-bond acceptors (Lipinski definition) is 5. The Kier molecular flexibility index (Phi) is 5.36. The highest BCUT2D eigenvalue weighted by Gasteiger charge is 2.26.